The van der Waals surface area contributed by atoms with Crippen LogP contribution in [0.1, 0.15) is 16.1 Å². The topological polar surface area (TPSA) is 43.1 Å². The summed E-state index contributed by atoms with van der Waals surface area (Å²) in [6.07, 6.45) is 0.602. The summed E-state index contributed by atoms with van der Waals surface area (Å²) in [7, 11) is 0. The molecule has 0 unspecified atom stereocenters. The van der Waals surface area contributed by atoms with E-state index in [9.17, 15) is 4.79 Å². The van der Waals surface area contributed by atoms with Gasteiger partial charge in [0, 0.05) is 5.56 Å². The van der Waals surface area contributed by atoms with E-state index in [1.165, 1.54) is 0 Å². The summed E-state index contributed by atoms with van der Waals surface area (Å²) in [6, 6.07) is 0. The SMILES string of the molecule is Cc1c(C=O)noc1Cl. The molecular weight excluding hydrogens is 142 g/mol. The lowest BCUT2D eigenvalue weighted by molar-refractivity contribution is 0.111. The van der Waals surface area contributed by atoms with Crippen molar-refractivity contribution >= 4 is 17.9 Å². The minimum atomic E-state index is 0.178. The number of rotatable bonds is 1. The van der Waals surface area contributed by atoms with Gasteiger partial charge in [-0.15, -0.1) is 0 Å². The highest BCUT2D eigenvalue weighted by atomic mass is 35.5. The Labute approximate surface area is 56.6 Å². The van der Waals surface area contributed by atoms with E-state index < -0.39 is 0 Å². The van der Waals surface area contributed by atoms with E-state index in [-0.39, 0.29) is 10.9 Å². The monoisotopic (exact) mass is 145 g/mol. The minimum Gasteiger partial charge on any atom is -0.343 e. The first-order valence-electron chi connectivity index (χ1n) is 2.32. The second kappa shape index (κ2) is 2.19. The molecule has 0 aliphatic rings. The van der Waals surface area contributed by atoms with E-state index in [1.54, 1.807) is 6.92 Å². The third-order valence-electron chi connectivity index (χ3n) is 1.01. The lowest BCUT2D eigenvalue weighted by Gasteiger charge is -1.77. The summed E-state index contributed by atoms with van der Waals surface area (Å²) in [5.74, 6) is 0. The van der Waals surface area contributed by atoms with Crippen molar-refractivity contribution in [2.24, 2.45) is 0 Å². The average molecular weight is 146 g/mol. The molecule has 1 aromatic rings. The number of aromatic nitrogens is 1. The van der Waals surface area contributed by atoms with Crippen LogP contribution >= 0.6 is 11.6 Å². The first kappa shape index (κ1) is 6.29. The van der Waals surface area contributed by atoms with Crippen LogP contribution in [0.15, 0.2) is 4.52 Å². The fourth-order valence-corrected chi connectivity index (χ4v) is 0.568. The number of carbonyl (C=O) groups is 1. The van der Waals surface area contributed by atoms with Crippen molar-refractivity contribution < 1.29 is 9.32 Å². The highest BCUT2D eigenvalue weighted by molar-refractivity contribution is 6.29. The van der Waals surface area contributed by atoms with Crippen LogP contribution in [-0.4, -0.2) is 11.4 Å². The van der Waals surface area contributed by atoms with Gasteiger partial charge in [-0.2, -0.15) is 0 Å². The normalized spacial score (nSPS) is 9.56. The van der Waals surface area contributed by atoms with E-state index in [1.807, 2.05) is 0 Å². The van der Waals surface area contributed by atoms with Crippen molar-refractivity contribution in [2.75, 3.05) is 0 Å². The van der Waals surface area contributed by atoms with Crippen molar-refractivity contribution in [3.8, 4) is 0 Å². The van der Waals surface area contributed by atoms with Gasteiger partial charge in [-0.05, 0) is 18.5 Å². The van der Waals surface area contributed by atoms with Gasteiger partial charge in [-0.1, -0.05) is 5.16 Å². The Morgan fingerprint density at radius 3 is 2.67 bits per heavy atom. The smallest absolute Gasteiger partial charge is 0.229 e. The molecule has 0 amide bonds. The molecule has 0 bridgehead atoms. The zero-order chi connectivity index (χ0) is 6.85. The highest BCUT2D eigenvalue weighted by Gasteiger charge is 2.06. The molecule has 0 spiro atoms. The van der Waals surface area contributed by atoms with Crippen molar-refractivity contribution in [3.63, 3.8) is 0 Å². The predicted octanol–water partition coefficient (Wildman–Crippen LogP) is 1.45. The standard InChI is InChI=1S/C5H4ClNO2/c1-3-4(2-8)7-9-5(3)6/h2H,1H3. The van der Waals surface area contributed by atoms with Crippen LogP contribution in [0.5, 0.6) is 0 Å². The Morgan fingerprint density at radius 1 is 1.78 bits per heavy atom. The predicted molar refractivity (Wildman–Crippen MR) is 31.6 cm³/mol. The van der Waals surface area contributed by atoms with Crippen LogP contribution < -0.4 is 0 Å². The maximum Gasteiger partial charge on any atom is 0.229 e. The Balaban J connectivity index is 3.18. The number of aldehydes is 1. The van der Waals surface area contributed by atoms with Crippen LogP contribution in [0.2, 0.25) is 5.22 Å². The quantitative estimate of drug-likeness (QED) is 0.562. The number of hydrogen-bond acceptors (Lipinski definition) is 3. The van der Waals surface area contributed by atoms with Gasteiger partial charge in [-0.25, -0.2) is 0 Å². The minimum absolute atomic E-state index is 0.178. The van der Waals surface area contributed by atoms with Crippen LogP contribution in [0.3, 0.4) is 0 Å². The summed E-state index contributed by atoms with van der Waals surface area (Å²) < 4.78 is 4.47. The fraction of sp³-hybridized carbons (Fsp3) is 0.200. The molecule has 1 aromatic heterocycles. The number of nitrogens with zero attached hydrogens (tertiary/aromatic N) is 1. The van der Waals surface area contributed by atoms with Gasteiger partial charge in [0.25, 0.3) is 0 Å². The van der Waals surface area contributed by atoms with Gasteiger partial charge >= 0.3 is 0 Å². The molecule has 0 aliphatic heterocycles. The molecule has 0 aliphatic carbocycles. The largest absolute Gasteiger partial charge is 0.343 e. The van der Waals surface area contributed by atoms with Crippen LogP contribution in [0.25, 0.3) is 0 Å². The third kappa shape index (κ3) is 0.954. The number of carbonyl (C=O) groups excluding carboxylic acids is 1. The van der Waals surface area contributed by atoms with E-state index >= 15 is 0 Å². The Hall–Kier alpha value is -0.830. The fourth-order valence-electron chi connectivity index (χ4n) is 0.437. The first-order valence-corrected chi connectivity index (χ1v) is 2.70. The molecule has 0 N–H and O–H groups in total. The van der Waals surface area contributed by atoms with Crippen molar-refractivity contribution in [3.05, 3.63) is 16.5 Å². The summed E-state index contributed by atoms with van der Waals surface area (Å²) >= 11 is 5.42. The second-order valence-electron chi connectivity index (χ2n) is 1.58. The molecule has 0 saturated heterocycles. The molecule has 1 rings (SSSR count). The zero-order valence-corrected chi connectivity index (χ0v) is 5.47. The van der Waals surface area contributed by atoms with E-state index in [0.717, 1.165) is 0 Å². The Kier molecular flexibility index (Phi) is 1.53. The van der Waals surface area contributed by atoms with Crippen molar-refractivity contribution in [2.45, 2.75) is 6.92 Å². The molecule has 0 atom stereocenters. The second-order valence-corrected chi connectivity index (χ2v) is 1.93. The molecule has 1 heterocycles. The van der Waals surface area contributed by atoms with Gasteiger partial charge in [0.2, 0.25) is 5.22 Å². The van der Waals surface area contributed by atoms with Gasteiger partial charge in [0.05, 0.1) is 0 Å². The van der Waals surface area contributed by atoms with E-state index in [4.69, 9.17) is 11.6 Å². The first-order chi connectivity index (χ1) is 4.25. The van der Waals surface area contributed by atoms with Gasteiger partial charge in [-0.3, -0.25) is 4.79 Å². The summed E-state index contributed by atoms with van der Waals surface area (Å²) in [5.41, 5.74) is 0.853. The molecule has 0 saturated carbocycles. The molecule has 48 valence electrons. The van der Waals surface area contributed by atoms with Gasteiger partial charge in [0.1, 0.15) is 0 Å². The molecule has 4 heteroatoms. The van der Waals surface area contributed by atoms with Crippen LogP contribution in [0, 0.1) is 6.92 Å². The number of halogens is 1. The summed E-state index contributed by atoms with van der Waals surface area (Å²) in [5, 5.41) is 3.54. The van der Waals surface area contributed by atoms with E-state index in [2.05, 4.69) is 9.68 Å². The average Bonchev–Trinajstić information content (AvgIpc) is 2.15. The zero-order valence-electron chi connectivity index (χ0n) is 4.72. The summed E-state index contributed by atoms with van der Waals surface area (Å²) in [4.78, 5) is 10.1. The lowest BCUT2D eigenvalue weighted by Crippen LogP contribution is -1.80. The molecule has 0 fully saturated rings. The molecule has 3 nitrogen and oxygen atoms in total. The van der Waals surface area contributed by atoms with Crippen LogP contribution in [-0.2, 0) is 0 Å². The Morgan fingerprint density at radius 2 is 2.44 bits per heavy atom. The molecular formula is C5H4ClNO2. The third-order valence-corrected chi connectivity index (χ3v) is 1.37. The Bertz CT molecular complexity index is 231. The van der Waals surface area contributed by atoms with Gasteiger partial charge < -0.3 is 4.52 Å². The van der Waals surface area contributed by atoms with Gasteiger partial charge in [0.15, 0.2) is 12.0 Å². The van der Waals surface area contributed by atoms with E-state index in [0.29, 0.717) is 11.8 Å². The number of hydrogen-bond donors (Lipinski definition) is 0. The molecule has 0 radical (unpaired) electrons. The van der Waals surface area contributed by atoms with Crippen molar-refractivity contribution in [1.29, 1.82) is 0 Å². The maximum atomic E-state index is 10.1. The lowest BCUT2D eigenvalue weighted by atomic mass is 10.3. The highest BCUT2D eigenvalue weighted by Crippen LogP contribution is 2.15. The van der Waals surface area contributed by atoms with Crippen LogP contribution in [0.4, 0.5) is 0 Å². The maximum absolute atomic E-state index is 10.1. The molecule has 0 aromatic carbocycles. The van der Waals surface area contributed by atoms with Crippen molar-refractivity contribution in [1.82, 2.24) is 5.16 Å². The summed E-state index contributed by atoms with van der Waals surface area (Å²) in [6.45, 7) is 1.67. The molecule has 9 heavy (non-hydrogen) atoms.